The molecule has 0 aliphatic heterocycles. The average molecular weight is 295 g/mol. The first kappa shape index (κ1) is 16.9. The van der Waals surface area contributed by atoms with Crippen molar-refractivity contribution in [3.8, 4) is 5.75 Å². The van der Waals surface area contributed by atoms with E-state index in [1.807, 2.05) is 6.92 Å². The second kappa shape index (κ2) is 8.21. The summed E-state index contributed by atoms with van der Waals surface area (Å²) < 4.78 is 4.94. The van der Waals surface area contributed by atoms with E-state index in [-0.39, 0.29) is 23.4 Å². The Kier molecular flexibility index (Phi) is 6.61. The Morgan fingerprint density at radius 1 is 1.48 bits per heavy atom. The molecule has 1 aromatic carbocycles. The van der Waals surface area contributed by atoms with Gasteiger partial charge in [-0.05, 0) is 25.0 Å². The van der Waals surface area contributed by atoms with E-state index < -0.39 is 4.92 Å². The zero-order valence-electron chi connectivity index (χ0n) is 12.5. The SMILES string of the molecule is CCCNC(=O)C(C)NCc1ccc(OC)c([N+](=O)[O-])c1. The van der Waals surface area contributed by atoms with E-state index in [1.54, 1.807) is 19.1 Å². The molecule has 0 bridgehead atoms. The maximum Gasteiger partial charge on any atom is 0.311 e. The van der Waals surface area contributed by atoms with E-state index in [0.717, 1.165) is 12.0 Å². The summed E-state index contributed by atoms with van der Waals surface area (Å²) >= 11 is 0. The minimum atomic E-state index is -0.486. The summed E-state index contributed by atoms with van der Waals surface area (Å²) in [7, 11) is 1.39. The number of ether oxygens (including phenoxy) is 1. The molecule has 1 unspecified atom stereocenters. The van der Waals surface area contributed by atoms with Gasteiger partial charge in [-0.3, -0.25) is 14.9 Å². The molecular formula is C14H21N3O4. The van der Waals surface area contributed by atoms with E-state index in [9.17, 15) is 14.9 Å². The van der Waals surface area contributed by atoms with Crippen LogP contribution in [0.25, 0.3) is 0 Å². The zero-order valence-corrected chi connectivity index (χ0v) is 12.5. The highest BCUT2D eigenvalue weighted by molar-refractivity contribution is 5.81. The molecule has 0 saturated heterocycles. The maximum absolute atomic E-state index is 11.7. The Hall–Kier alpha value is -2.15. The molecule has 21 heavy (non-hydrogen) atoms. The number of rotatable bonds is 8. The number of carbonyl (C=O) groups is 1. The molecule has 0 fully saturated rings. The highest BCUT2D eigenvalue weighted by Gasteiger charge is 2.16. The molecule has 0 aromatic heterocycles. The topological polar surface area (TPSA) is 93.5 Å². The maximum atomic E-state index is 11.7. The van der Waals surface area contributed by atoms with Crippen LogP contribution < -0.4 is 15.4 Å². The summed E-state index contributed by atoms with van der Waals surface area (Å²) in [6, 6.07) is 4.37. The first-order valence-electron chi connectivity index (χ1n) is 6.82. The van der Waals surface area contributed by atoms with Crippen LogP contribution in [0, 0.1) is 10.1 Å². The van der Waals surface area contributed by atoms with E-state index in [4.69, 9.17) is 4.74 Å². The summed E-state index contributed by atoms with van der Waals surface area (Å²) in [6.45, 7) is 4.74. The van der Waals surface area contributed by atoms with Crippen LogP contribution in [0.4, 0.5) is 5.69 Å². The molecule has 0 saturated carbocycles. The van der Waals surface area contributed by atoms with Gasteiger partial charge in [-0.25, -0.2) is 0 Å². The monoisotopic (exact) mass is 295 g/mol. The van der Waals surface area contributed by atoms with E-state index in [2.05, 4.69) is 10.6 Å². The van der Waals surface area contributed by atoms with E-state index in [0.29, 0.717) is 13.1 Å². The molecule has 7 nitrogen and oxygen atoms in total. The Labute approximate surface area is 123 Å². The molecule has 0 spiro atoms. The van der Waals surface area contributed by atoms with Crippen LogP contribution in [0.1, 0.15) is 25.8 Å². The summed E-state index contributed by atoms with van der Waals surface area (Å²) in [4.78, 5) is 22.1. The van der Waals surface area contributed by atoms with E-state index in [1.165, 1.54) is 13.2 Å². The fourth-order valence-electron chi connectivity index (χ4n) is 1.75. The normalized spacial score (nSPS) is 11.8. The zero-order chi connectivity index (χ0) is 15.8. The Morgan fingerprint density at radius 3 is 2.76 bits per heavy atom. The van der Waals surface area contributed by atoms with Gasteiger partial charge < -0.3 is 15.4 Å². The van der Waals surface area contributed by atoms with Crippen LogP contribution >= 0.6 is 0 Å². The van der Waals surface area contributed by atoms with Crippen molar-refractivity contribution in [2.45, 2.75) is 32.9 Å². The number of nitrogens with zero attached hydrogens (tertiary/aromatic N) is 1. The number of carbonyl (C=O) groups excluding carboxylic acids is 1. The van der Waals surface area contributed by atoms with Crippen molar-refractivity contribution < 1.29 is 14.5 Å². The van der Waals surface area contributed by atoms with Gasteiger partial charge in [0.1, 0.15) is 0 Å². The van der Waals surface area contributed by atoms with Crippen LogP contribution in [-0.4, -0.2) is 30.5 Å². The van der Waals surface area contributed by atoms with Gasteiger partial charge in [-0.1, -0.05) is 13.0 Å². The quantitative estimate of drug-likeness (QED) is 0.561. The molecule has 0 aliphatic carbocycles. The van der Waals surface area contributed by atoms with Gasteiger partial charge in [-0.15, -0.1) is 0 Å². The van der Waals surface area contributed by atoms with Gasteiger partial charge in [0, 0.05) is 19.2 Å². The number of amides is 1. The van der Waals surface area contributed by atoms with Gasteiger partial charge >= 0.3 is 5.69 Å². The highest BCUT2D eigenvalue weighted by atomic mass is 16.6. The van der Waals surface area contributed by atoms with Gasteiger partial charge in [-0.2, -0.15) is 0 Å². The number of nitro benzene ring substituents is 1. The smallest absolute Gasteiger partial charge is 0.311 e. The number of benzene rings is 1. The summed E-state index contributed by atoms with van der Waals surface area (Å²) in [5.41, 5.74) is 0.637. The third-order valence-corrected chi connectivity index (χ3v) is 2.99. The first-order chi connectivity index (χ1) is 9.99. The minimum absolute atomic E-state index is 0.0834. The average Bonchev–Trinajstić information content (AvgIpc) is 2.49. The molecule has 7 heteroatoms. The predicted octanol–water partition coefficient (Wildman–Crippen LogP) is 1.61. The lowest BCUT2D eigenvalue weighted by molar-refractivity contribution is -0.385. The van der Waals surface area contributed by atoms with Crippen molar-refractivity contribution in [2.24, 2.45) is 0 Å². The predicted molar refractivity (Wildman–Crippen MR) is 79.3 cm³/mol. The molecule has 1 atom stereocenters. The Bertz CT molecular complexity index is 505. The van der Waals surface area contributed by atoms with Crippen LogP contribution in [-0.2, 0) is 11.3 Å². The molecule has 1 aromatic rings. The lowest BCUT2D eigenvalue weighted by atomic mass is 10.1. The van der Waals surface area contributed by atoms with Crippen molar-refractivity contribution >= 4 is 11.6 Å². The van der Waals surface area contributed by atoms with Crippen molar-refractivity contribution in [3.05, 3.63) is 33.9 Å². The number of nitro groups is 1. The third kappa shape index (κ3) is 5.03. The summed E-state index contributed by atoms with van der Waals surface area (Å²) in [5.74, 6) is 0.136. The number of hydrogen-bond donors (Lipinski definition) is 2. The summed E-state index contributed by atoms with van der Waals surface area (Å²) in [5, 5.41) is 16.8. The van der Waals surface area contributed by atoms with Gasteiger partial charge in [0.25, 0.3) is 0 Å². The second-order valence-corrected chi connectivity index (χ2v) is 4.66. The fourth-order valence-corrected chi connectivity index (χ4v) is 1.75. The Morgan fingerprint density at radius 2 is 2.19 bits per heavy atom. The number of nitrogens with one attached hydrogen (secondary N) is 2. The summed E-state index contributed by atoms with van der Waals surface area (Å²) in [6.07, 6.45) is 0.878. The van der Waals surface area contributed by atoms with Crippen molar-refractivity contribution in [1.82, 2.24) is 10.6 Å². The fraction of sp³-hybridized carbons (Fsp3) is 0.500. The van der Waals surface area contributed by atoms with Crippen LogP contribution in [0.3, 0.4) is 0 Å². The van der Waals surface area contributed by atoms with Crippen LogP contribution in [0.2, 0.25) is 0 Å². The van der Waals surface area contributed by atoms with Gasteiger partial charge in [0.05, 0.1) is 18.1 Å². The molecular weight excluding hydrogens is 274 g/mol. The molecule has 116 valence electrons. The first-order valence-corrected chi connectivity index (χ1v) is 6.82. The second-order valence-electron chi connectivity index (χ2n) is 4.66. The lowest BCUT2D eigenvalue weighted by Gasteiger charge is -2.14. The lowest BCUT2D eigenvalue weighted by Crippen LogP contribution is -2.42. The highest BCUT2D eigenvalue weighted by Crippen LogP contribution is 2.27. The molecule has 1 amide bonds. The molecule has 0 aliphatic rings. The Balaban J connectivity index is 2.65. The molecule has 1 rings (SSSR count). The van der Waals surface area contributed by atoms with Crippen LogP contribution in [0.15, 0.2) is 18.2 Å². The molecule has 2 N–H and O–H groups in total. The number of methoxy groups -OCH3 is 1. The number of hydrogen-bond acceptors (Lipinski definition) is 5. The largest absolute Gasteiger partial charge is 0.490 e. The van der Waals surface area contributed by atoms with Gasteiger partial charge in [0.2, 0.25) is 5.91 Å². The van der Waals surface area contributed by atoms with Crippen molar-refractivity contribution in [2.75, 3.05) is 13.7 Å². The van der Waals surface area contributed by atoms with Gasteiger partial charge in [0.15, 0.2) is 5.75 Å². The standard InChI is InChI=1S/C14H21N3O4/c1-4-7-15-14(18)10(2)16-9-11-5-6-13(21-3)12(8-11)17(19)20/h5-6,8,10,16H,4,7,9H2,1-3H3,(H,15,18). The minimum Gasteiger partial charge on any atom is -0.490 e. The van der Waals surface area contributed by atoms with Crippen molar-refractivity contribution in [1.29, 1.82) is 0 Å². The van der Waals surface area contributed by atoms with E-state index >= 15 is 0 Å². The third-order valence-electron chi connectivity index (χ3n) is 2.99. The molecule has 0 heterocycles. The van der Waals surface area contributed by atoms with Crippen molar-refractivity contribution in [3.63, 3.8) is 0 Å². The van der Waals surface area contributed by atoms with Crippen LogP contribution in [0.5, 0.6) is 5.75 Å². The molecule has 0 radical (unpaired) electrons.